The normalized spacial score (nSPS) is 17.9. The molecule has 2 atom stereocenters. The molecule has 33 heavy (non-hydrogen) atoms. The molecule has 5 nitrogen and oxygen atoms in total. The predicted molar refractivity (Wildman–Crippen MR) is 131 cm³/mol. The highest BCUT2D eigenvalue weighted by Crippen LogP contribution is 2.43. The number of thiocarbonyl (C=S) groups is 1. The van der Waals surface area contributed by atoms with E-state index in [4.69, 9.17) is 12.2 Å². The van der Waals surface area contributed by atoms with Gasteiger partial charge in [-0.25, -0.2) is 4.39 Å². The number of benzene rings is 2. The van der Waals surface area contributed by atoms with Gasteiger partial charge in [0.15, 0.2) is 5.11 Å². The van der Waals surface area contributed by atoms with Crippen molar-refractivity contribution in [2.75, 3.05) is 4.90 Å². The van der Waals surface area contributed by atoms with Crippen LogP contribution in [0.25, 0.3) is 5.69 Å². The van der Waals surface area contributed by atoms with Gasteiger partial charge >= 0.3 is 0 Å². The zero-order valence-electron chi connectivity index (χ0n) is 18.2. The molecule has 0 radical (unpaired) electrons. The van der Waals surface area contributed by atoms with Gasteiger partial charge in [-0.05, 0) is 92.3 Å². The summed E-state index contributed by atoms with van der Waals surface area (Å²) in [7, 11) is 0. The maximum atomic E-state index is 14.0. The molecule has 5 rings (SSSR count). The molecule has 4 aromatic rings. The molecule has 0 spiro atoms. The number of anilines is 1. The van der Waals surface area contributed by atoms with E-state index in [1.54, 1.807) is 24.4 Å². The van der Waals surface area contributed by atoms with Crippen LogP contribution in [-0.2, 0) is 0 Å². The molecule has 0 aliphatic carbocycles. The summed E-state index contributed by atoms with van der Waals surface area (Å²) in [5.74, 6) is -0.0822. The van der Waals surface area contributed by atoms with E-state index in [1.807, 2.05) is 50.2 Å². The number of aromatic nitrogens is 2. The van der Waals surface area contributed by atoms with Gasteiger partial charge in [-0.3, -0.25) is 4.98 Å². The number of aryl methyl sites for hydroxylation is 1. The van der Waals surface area contributed by atoms with Crippen LogP contribution in [0.1, 0.15) is 34.7 Å². The lowest BCUT2D eigenvalue weighted by molar-refractivity contribution is 0.475. The predicted octanol–water partition coefficient (Wildman–Crippen LogP) is 5.51. The molecule has 166 valence electrons. The third kappa shape index (κ3) is 3.74. The van der Waals surface area contributed by atoms with E-state index in [2.05, 4.69) is 25.8 Å². The molecular weight excluding hydrogens is 435 g/mol. The van der Waals surface area contributed by atoms with Crippen LogP contribution < -0.4 is 10.2 Å². The molecule has 2 aromatic carbocycles. The summed E-state index contributed by atoms with van der Waals surface area (Å²) >= 11 is 5.77. The van der Waals surface area contributed by atoms with Gasteiger partial charge in [0.2, 0.25) is 0 Å². The number of nitrogens with zero attached hydrogens (tertiary/aromatic N) is 3. The number of phenols is 1. The summed E-state index contributed by atoms with van der Waals surface area (Å²) in [5.41, 5.74) is 5.57. The summed E-state index contributed by atoms with van der Waals surface area (Å²) in [4.78, 5) is 6.66. The van der Waals surface area contributed by atoms with Gasteiger partial charge in [0.05, 0.1) is 17.8 Å². The minimum Gasteiger partial charge on any atom is -0.508 e. The molecule has 2 N–H and O–H groups in total. The Bertz CT molecular complexity index is 1320. The Balaban J connectivity index is 1.68. The molecule has 1 aliphatic rings. The Kier molecular flexibility index (Phi) is 5.34. The molecule has 0 saturated carbocycles. The van der Waals surface area contributed by atoms with E-state index in [0.29, 0.717) is 5.11 Å². The van der Waals surface area contributed by atoms with Crippen molar-refractivity contribution in [2.45, 2.75) is 25.9 Å². The first-order valence-corrected chi connectivity index (χ1v) is 11.1. The first-order chi connectivity index (χ1) is 15.9. The Morgan fingerprint density at radius 2 is 1.76 bits per heavy atom. The maximum absolute atomic E-state index is 14.0. The van der Waals surface area contributed by atoms with Crippen LogP contribution in [0.3, 0.4) is 0 Å². The van der Waals surface area contributed by atoms with Gasteiger partial charge in [0.1, 0.15) is 11.6 Å². The van der Waals surface area contributed by atoms with Gasteiger partial charge in [-0.2, -0.15) is 0 Å². The average Bonchev–Trinajstić information content (AvgIpc) is 3.30. The summed E-state index contributed by atoms with van der Waals surface area (Å²) in [5, 5.41) is 13.8. The van der Waals surface area contributed by atoms with Crippen molar-refractivity contribution in [3.05, 3.63) is 107 Å². The lowest BCUT2D eigenvalue weighted by Crippen LogP contribution is -2.29. The van der Waals surface area contributed by atoms with Crippen molar-refractivity contribution in [3.8, 4) is 11.4 Å². The first kappa shape index (κ1) is 21.2. The van der Waals surface area contributed by atoms with E-state index < -0.39 is 0 Å². The molecular formula is C26H23FN4OS. The zero-order valence-corrected chi connectivity index (χ0v) is 19.1. The second kappa shape index (κ2) is 8.33. The Labute approximate surface area is 197 Å². The van der Waals surface area contributed by atoms with Crippen LogP contribution in [0, 0.1) is 19.7 Å². The Morgan fingerprint density at radius 1 is 0.970 bits per heavy atom. The van der Waals surface area contributed by atoms with Gasteiger partial charge in [-0.1, -0.05) is 12.1 Å². The molecule has 1 fully saturated rings. The molecule has 0 unspecified atom stereocenters. The topological polar surface area (TPSA) is 53.3 Å². The van der Waals surface area contributed by atoms with Crippen LogP contribution in [0.4, 0.5) is 10.1 Å². The molecule has 0 bridgehead atoms. The standard InChI is InChI=1S/C26H23FN4OS/c1-16-14-22(17(2)30(16)20-7-5-6-18(27)15-20)25-24(23-8-3-4-13-28-23)29-26(33)31(25)19-9-11-21(32)12-10-19/h3-15,24-25,32H,1-2H3,(H,29,33)/t24-,25+/m1/s1. The monoisotopic (exact) mass is 458 g/mol. The molecule has 2 aromatic heterocycles. The highest BCUT2D eigenvalue weighted by molar-refractivity contribution is 7.80. The van der Waals surface area contributed by atoms with E-state index in [-0.39, 0.29) is 23.7 Å². The lowest BCUT2D eigenvalue weighted by Gasteiger charge is -2.28. The van der Waals surface area contributed by atoms with Crippen molar-refractivity contribution in [2.24, 2.45) is 0 Å². The van der Waals surface area contributed by atoms with Crippen LogP contribution >= 0.6 is 12.2 Å². The fraction of sp³-hybridized carbons (Fsp3) is 0.154. The largest absolute Gasteiger partial charge is 0.508 e. The number of pyridine rings is 1. The Morgan fingerprint density at radius 3 is 2.45 bits per heavy atom. The van der Waals surface area contributed by atoms with E-state index in [0.717, 1.165) is 34.0 Å². The lowest BCUT2D eigenvalue weighted by atomic mass is 9.96. The second-order valence-corrected chi connectivity index (χ2v) is 8.54. The number of phenolic OH excluding ortho intramolecular Hbond substituents is 1. The van der Waals surface area contributed by atoms with Crippen molar-refractivity contribution >= 4 is 23.0 Å². The molecule has 1 saturated heterocycles. The smallest absolute Gasteiger partial charge is 0.174 e. The number of hydrogen-bond donors (Lipinski definition) is 2. The van der Waals surface area contributed by atoms with Crippen molar-refractivity contribution in [3.63, 3.8) is 0 Å². The Hall–Kier alpha value is -3.71. The van der Waals surface area contributed by atoms with Crippen LogP contribution in [0.5, 0.6) is 5.75 Å². The molecule has 0 amide bonds. The minimum atomic E-state index is -0.276. The highest BCUT2D eigenvalue weighted by atomic mass is 32.1. The molecule has 7 heteroatoms. The van der Waals surface area contributed by atoms with E-state index >= 15 is 0 Å². The van der Waals surface area contributed by atoms with Crippen LogP contribution in [0.15, 0.2) is 79.0 Å². The summed E-state index contributed by atoms with van der Waals surface area (Å²) in [6.45, 7) is 4.06. The number of hydrogen-bond acceptors (Lipinski definition) is 3. The molecule has 1 aliphatic heterocycles. The quantitative estimate of drug-likeness (QED) is 0.395. The fourth-order valence-corrected chi connectivity index (χ4v) is 5.01. The third-order valence-electron chi connectivity index (χ3n) is 6.08. The third-order valence-corrected chi connectivity index (χ3v) is 6.40. The van der Waals surface area contributed by atoms with Gasteiger partial charge in [-0.15, -0.1) is 0 Å². The number of aromatic hydroxyl groups is 1. The van der Waals surface area contributed by atoms with E-state index in [1.165, 1.54) is 12.1 Å². The highest BCUT2D eigenvalue weighted by Gasteiger charge is 2.42. The average molecular weight is 459 g/mol. The summed E-state index contributed by atoms with van der Waals surface area (Å²) in [6, 6.07) is 21.2. The van der Waals surface area contributed by atoms with Crippen LogP contribution in [0.2, 0.25) is 0 Å². The van der Waals surface area contributed by atoms with Crippen LogP contribution in [-0.4, -0.2) is 19.8 Å². The molecule has 3 heterocycles. The maximum Gasteiger partial charge on any atom is 0.174 e. The number of nitrogens with one attached hydrogen (secondary N) is 1. The summed E-state index contributed by atoms with van der Waals surface area (Å²) in [6.07, 6.45) is 1.77. The summed E-state index contributed by atoms with van der Waals surface area (Å²) < 4.78 is 16.1. The number of halogens is 1. The van der Waals surface area contributed by atoms with E-state index in [9.17, 15) is 9.50 Å². The van der Waals surface area contributed by atoms with Gasteiger partial charge in [0, 0.05) is 29.0 Å². The van der Waals surface area contributed by atoms with Crippen molar-refractivity contribution in [1.82, 2.24) is 14.9 Å². The first-order valence-electron chi connectivity index (χ1n) is 10.7. The number of rotatable bonds is 4. The van der Waals surface area contributed by atoms with Gasteiger partial charge < -0.3 is 19.9 Å². The van der Waals surface area contributed by atoms with Crippen molar-refractivity contribution < 1.29 is 9.50 Å². The SMILES string of the molecule is Cc1cc([C@H]2[C@@H](c3ccccn3)NC(=S)N2c2ccc(O)cc2)c(C)n1-c1cccc(F)c1. The minimum absolute atomic E-state index is 0.186. The fourth-order valence-electron chi connectivity index (χ4n) is 4.66. The second-order valence-electron chi connectivity index (χ2n) is 8.15. The zero-order chi connectivity index (χ0) is 23.1. The van der Waals surface area contributed by atoms with Gasteiger partial charge in [0.25, 0.3) is 0 Å². The van der Waals surface area contributed by atoms with Crippen molar-refractivity contribution in [1.29, 1.82) is 0 Å².